The zero-order valence-electron chi connectivity index (χ0n) is 22.3. The molecule has 1 heterocycles. The maximum absolute atomic E-state index is 12.7. The highest BCUT2D eigenvalue weighted by Gasteiger charge is 2.19. The molecule has 39 heavy (non-hydrogen) atoms. The lowest BCUT2D eigenvalue weighted by atomic mass is 10.1. The number of hydrogen-bond acceptors (Lipinski definition) is 9. The highest BCUT2D eigenvalue weighted by molar-refractivity contribution is 7.99. The monoisotopic (exact) mass is 547 g/mol. The van der Waals surface area contributed by atoms with Gasteiger partial charge in [0, 0.05) is 16.8 Å². The maximum Gasteiger partial charge on any atom is 0.250 e. The number of carbonyl (C=O) groups excluding carboxylic acids is 1. The van der Waals surface area contributed by atoms with Crippen LogP contribution in [0.3, 0.4) is 0 Å². The van der Waals surface area contributed by atoms with E-state index in [9.17, 15) is 4.79 Å². The summed E-state index contributed by atoms with van der Waals surface area (Å²) in [7, 11) is 6.31. The molecule has 0 bridgehead atoms. The van der Waals surface area contributed by atoms with Crippen LogP contribution < -0.4 is 24.4 Å². The van der Waals surface area contributed by atoms with E-state index in [1.165, 1.54) is 11.8 Å². The molecule has 0 aliphatic heterocycles. The van der Waals surface area contributed by atoms with Crippen LogP contribution in [0, 0.1) is 0 Å². The van der Waals surface area contributed by atoms with Crippen LogP contribution in [0.15, 0.2) is 77.0 Å². The number of hydrogen-bond donors (Lipinski definition) is 1. The first-order valence-corrected chi connectivity index (χ1v) is 12.9. The highest BCUT2D eigenvalue weighted by Crippen LogP contribution is 2.34. The predicted octanol–water partition coefficient (Wildman–Crippen LogP) is 4.60. The van der Waals surface area contributed by atoms with E-state index in [1.807, 2.05) is 59.2 Å². The SMILES string of the molecule is COc1ccc(/C(C)=N\NC(=O)CSc2nnc(-c3ccc(OC)c(OC)c3)n2-c2ccccc2)cc1OC. The molecule has 10 nitrogen and oxygen atoms in total. The van der Waals surface area contributed by atoms with Crippen LogP contribution in [0.5, 0.6) is 23.0 Å². The number of hydrazone groups is 1. The van der Waals surface area contributed by atoms with Gasteiger partial charge in [0.05, 0.1) is 39.9 Å². The van der Waals surface area contributed by atoms with Crippen LogP contribution >= 0.6 is 11.8 Å². The number of nitrogens with one attached hydrogen (secondary N) is 1. The van der Waals surface area contributed by atoms with Crippen molar-refractivity contribution in [2.75, 3.05) is 34.2 Å². The van der Waals surface area contributed by atoms with E-state index in [1.54, 1.807) is 47.5 Å². The maximum atomic E-state index is 12.7. The Hall–Kier alpha value is -4.51. The second-order valence-electron chi connectivity index (χ2n) is 8.14. The summed E-state index contributed by atoms with van der Waals surface area (Å²) in [6.45, 7) is 1.80. The standard InChI is InChI=1S/C28H29N5O5S/c1-18(19-11-13-22(35-2)24(15-19)37-4)29-30-26(34)17-39-28-32-31-27(33(28)21-9-7-6-8-10-21)20-12-14-23(36-3)25(16-20)38-5/h6-16H,17H2,1-5H3,(H,30,34)/b29-18-. The number of ether oxygens (including phenoxy) is 4. The van der Waals surface area contributed by atoms with Gasteiger partial charge in [0.2, 0.25) is 0 Å². The van der Waals surface area contributed by atoms with Crippen molar-refractivity contribution in [3.63, 3.8) is 0 Å². The quantitative estimate of drug-likeness (QED) is 0.165. The lowest BCUT2D eigenvalue weighted by Crippen LogP contribution is -2.21. The zero-order valence-corrected chi connectivity index (χ0v) is 23.1. The molecule has 0 spiro atoms. The number of para-hydroxylation sites is 1. The smallest absolute Gasteiger partial charge is 0.250 e. The van der Waals surface area contributed by atoms with E-state index in [0.717, 1.165) is 16.8 Å². The largest absolute Gasteiger partial charge is 0.493 e. The Morgan fingerprint density at radius 2 is 1.49 bits per heavy atom. The lowest BCUT2D eigenvalue weighted by molar-refractivity contribution is -0.118. The first kappa shape index (κ1) is 27.5. The summed E-state index contributed by atoms with van der Waals surface area (Å²) < 4.78 is 23.4. The molecule has 0 radical (unpaired) electrons. The molecule has 0 aliphatic rings. The van der Waals surface area contributed by atoms with Crippen molar-refractivity contribution in [1.82, 2.24) is 20.2 Å². The Labute approximate surface area is 231 Å². The summed E-state index contributed by atoms with van der Waals surface area (Å²) in [6, 6.07) is 20.7. The molecular weight excluding hydrogens is 518 g/mol. The summed E-state index contributed by atoms with van der Waals surface area (Å²) in [5, 5.41) is 13.6. The van der Waals surface area contributed by atoms with Crippen molar-refractivity contribution in [1.29, 1.82) is 0 Å². The number of carbonyl (C=O) groups is 1. The van der Waals surface area contributed by atoms with Gasteiger partial charge in [-0.2, -0.15) is 5.10 Å². The summed E-state index contributed by atoms with van der Waals surface area (Å²) in [5.41, 5.74) is 5.68. The average molecular weight is 548 g/mol. The topological polar surface area (TPSA) is 109 Å². The van der Waals surface area contributed by atoms with Gasteiger partial charge < -0.3 is 18.9 Å². The molecule has 0 saturated carbocycles. The molecule has 0 unspecified atom stereocenters. The second-order valence-corrected chi connectivity index (χ2v) is 9.08. The van der Waals surface area contributed by atoms with Gasteiger partial charge in [0.1, 0.15) is 0 Å². The number of aromatic nitrogens is 3. The molecule has 202 valence electrons. The molecule has 1 aromatic heterocycles. The predicted molar refractivity (Wildman–Crippen MR) is 151 cm³/mol. The first-order chi connectivity index (χ1) is 19.0. The zero-order chi connectivity index (χ0) is 27.8. The fourth-order valence-corrected chi connectivity index (χ4v) is 4.51. The fourth-order valence-electron chi connectivity index (χ4n) is 3.77. The number of methoxy groups -OCH3 is 4. The van der Waals surface area contributed by atoms with Gasteiger partial charge in [-0.05, 0) is 55.5 Å². The Bertz CT molecular complexity index is 1470. The number of rotatable bonds is 11. The van der Waals surface area contributed by atoms with E-state index in [4.69, 9.17) is 18.9 Å². The van der Waals surface area contributed by atoms with Gasteiger partial charge >= 0.3 is 0 Å². The minimum absolute atomic E-state index is 0.0830. The summed E-state index contributed by atoms with van der Waals surface area (Å²) >= 11 is 1.26. The molecular formula is C28H29N5O5S. The minimum Gasteiger partial charge on any atom is -0.493 e. The number of benzene rings is 3. The molecule has 0 saturated heterocycles. The molecule has 4 aromatic rings. The summed E-state index contributed by atoms with van der Waals surface area (Å²) in [6.07, 6.45) is 0. The van der Waals surface area contributed by atoms with E-state index >= 15 is 0 Å². The normalized spacial score (nSPS) is 11.2. The molecule has 3 aromatic carbocycles. The molecule has 0 atom stereocenters. The third-order valence-electron chi connectivity index (χ3n) is 5.77. The van der Waals surface area contributed by atoms with Gasteiger partial charge in [-0.1, -0.05) is 30.0 Å². The van der Waals surface area contributed by atoms with Crippen LogP contribution in [-0.4, -0.2) is 60.6 Å². The molecule has 0 fully saturated rings. The lowest BCUT2D eigenvalue weighted by Gasteiger charge is -2.12. The first-order valence-electron chi connectivity index (χ1n) is 11.9. The van der Waals surface area contributed by atoms with E-state index < -0.39 is 0 Å². The van der Waals surface area contributed by atoms with Gasteiger partial charge in [-0.3, -0.25) is 9.36 Å². The van der Waals surface area contributed by atoms with E-state index in [-0.39, 0.29) is 11.7 Å². The fraction of sp³-hybridized carbons (Fsp3) is 0.214. The Kier molecular flexibility index (Phi) is 9.06. The minimum atomic E-state index is -0.282. The van der Waals surface area contributed by atoms with Crippen LogP contribution in [-0.2, 0) is 4.79 Å². The Morgan fingerprint density at radius 3 is 2.15 bits per heavy atom. The van der Waals surface area contributed by atoms with Crippen molar-refractivity contribution < 1.29 is 23.7 Å². The third-order valence-corrected chi connectivity index (χ3v) is 6.70. The van der Waals surface area contributed by atoms with Gasteiger partial charge in [-0.25, -0.2) is 5.43 Å². The summed E-state index contributed by atoms with van der Waals surface area (Å²) in [4.78, 5) is 12.7. The molecule has 1 N–H and O–H groups in total. The van der Waals surface area contributed by atoms with Crippen LogP contribution in [0.1, 0.15) is 12.5 Å². The third kappa shape index (κ3) is 6.32. The van der Waals surface area contributed by atoms with Crippen LogP contribution in [0.2, 0.25) is 0 Å². The van der Waals surface area contributed by atoms with Gasteiger partial charge in [-0.15, -0.1) is 10.2 Å². The molecule has 1 amide bonds. The number of amides is 1. The van der Waals surface area contributed by atoms with Crippen LogP contribution in [0.25, 0.3) is 17.1 Å². The van der Waals surface area contributed by atoms with Gasteiger partial charge in [0.15, 0.2) is 34.0 Å². The molecule has 11 heteroatoms. The van der Waals surface area contributed by atoms with Crippen LogP contribution in [0.4, 0.5) is 0 Å². The second kappa shape index (κ2) is 12.8. The van der Waals surface area contributed by atoms with Gasteiger partial charge in [0.25, 0.3) is 5.91 Å². The van der Waals surface area contributed by atoms with Crippen molar-refractivity contribution in [2.45, 2.75) is 12.1 Å². The Morgan fingerprint density at radius 1 is 0.846 bits per heavy atom. The summed E-state index contributed by atoms with van der Waals surface area (Å²) in [5.74, 6) is 2.79. The molecule has 0 aliphatic carbocycles. The van der Waals surface area contributed by atoms with Crippen molar-refractivity contribution in [3.8, 4) is 40.1 Å². The van der Waals surface area contributed by atoms with E-state index in [2.05, 4.69) is 20.7 Å². The van der Waals surface area contributed by atoms with Crippen molar-refractivity contribution in [3.05, 3.63) is 72.3 Å². The highest BCUT2D eigenvalue weighted by atomic mass is 32.2. The van der Waals surface area contributed by atoms with Crippen molar-refractivity contribution in [2.24, 2.45) is 5.10 Å². The van der Waals surface area contributed by atoms with Crippen molar-refractivity contribution >= 4 is 23.4 Å². The number of nitrogens with zero attached hydrogens (tertiary/aromatic N) is 4. The van der Waals surface area contributed by atoms with E-state index in [0.29, 0.717) is 39.7 Å². The number of thioether (sulfide) groups is 1. The Balaban J connectivity index is 1.53. The molecule has 4 rings (SSSR count). The average Bonchev–Trinajstić information content (AvgIpc) is 3.42.